The Morgan fingerprint density at radius 3 is 2.65 bits per heavy atom. The molecule has 0 saturated heterocycles. The van der Waals surface area contributed by atoms with Crippen LogP contribution in [0, 0.1) is 5.92 Å². The molecule has 0 aromatic heterocycles. The fourth-order valence-electron chi connectivity index (χ4n) is 1.88. The standard InChI is InChI=1S/C12H20N2O3/c1-3-7-14(8-11(15)16)12(17)13-9(2)10-5-4-6-10/h3,9-10H,1,4-8H2,2H3,(H,13,17)(H,15,16). The van der Waals surface area contributed by atoms with Gasteiger partial charge in [0.2, 0.25) is 0 Å². The fourth-order valence-corrected chi connectivity index (χ4v) is 1.88. The molecular formula is C12H20N2O3. The minimum absolute atomic E-state index is 0.109. The predicted octanol–water partition coefficient (Wildman–Crippen LogP) is 1.46. The summed E-state index contributed by atoms with van der Waals surface area (Å²) in [6.45, 7) is 5.43. The third-order valence-electron chi connectivity index (χ3n) is 3.17. The maximum absolute atomic E-state index is 11.8. The van der Waals surface area contributed by atoms with Gasteiger partial charge in [0.1, 0.15) is 6.54 Å². The van der Waals surface area contributed by atoms with E-state index < -0.39 is 5.97 Å². The van der Waals surface area contributed by atoms with Gasteiger partial charge in [0.05, 0.1) is 0 Å². The molecule has 1 unspecified atom stereocenters. The summed E-state index contributed by atoms with van der Waals surface area (Å²) in [5.41, 5.74) is 0. The highest BCUT2D eigenvalue weighted by Gasteiger charge is 2.26. The zero-order valence-corrected chi connectivity index (χ0v) is 10.2. The molecule has 0 bridgehead atoms. The number of nitrogens with zero attached hydrogens (tertiary/aromatic N) is 1. The second-order valence-corrected chi connectivity index (χ2v) is 4.49. The Bertz CT molecular complexity index is 300. The highest BCUT2D eigenvalue weighted by Crippen LogP contribution is 2.29. The third-order valence-corrected chi connectivity index (χ3v) is 3.17. The van der Waals surface area contributed by atoms with Crippen molar-refractivity contribution in [1.29, 1.82) is 0 Å². The quantitative estimate of drug-likeness (QED) is 0.690. The van der Waals surface area contributed by atoms with E-state index in [0.717, 1.165) is 12.8 Å². The Labute approximate surface area is 101 Å². The van der Waals surface area contributed by atoms with Crippen LogP contribution in [-0.2, 0) is 4.79 Å². The van der Waals surface area contributed by atoms with Crippen LogP contribution in [0.4, 0.5) is 4.79 Å². The Balaban J connectivity index is 2.45. The molecule has 0 heterocycles. The number of hydrogen-bond acceptors (Lipinski definition) is 2. The molecule has 1 aliphatic rings. The average Bonchev–Trinajstić information content (AvgIpc) is 2.13. The Morgan fingerprint density at radius 1 is 1.59 bits per heavy atom. The molecule has 0 aromatic rings. The summed E-state index contributed by atoms with van der Waals surface area (Å²) in [5, 5.41) is 11.6. The van der Waals surface area contributed by atoms with Crippen molar-refractivity contribution in [2.45, 2.75) is 32.2 Å². The molecule has 2 N–H and O–H groups in total. The van der Waals surface area contributed by atoms with Crippen LogP contribution in [-0.4, -0.2) is 41.1 Å². The zero-order chi connectivity index (χ0) is 12.8. The van der Waals surface area contributed by atoms with E-state index >= 15 is 0 Å². The predicted molar refractivity (Wildman–Crippen MR) is 64.7 cm³/mol. The van der Waals surface area contributed by atoms with Crippen LogP contribution in [0.5, 0.6) is 0 Å². The van der Waals surface area contributed by atoms with Crippen molar-refractivity contribution < 1.29 is 14.7 Å². The second kappa shape index (κ2) is 6.27. The number of nitrogens with one attached hydrogen (secondary N) is 1. The van der Waals surface area contributed by atoms with E-state index in [2.05, 4.69) is 11.9 Å². The summed E-state index contributed by atoms with van der Waals surface area (Å²) in [4.78, 5) is 23.7. The van der Waals surface area contributed by atoms with Crippen molar-refractivity contribution in [3.05, 3.63) is 12.7 Å². The van der Waals surface area contributed by atoms with Crippen LogP contribution in [0.2, 0.25) is 0 Å². The Hall–Kier alpha value is -1.52. The molecule has 0 aromatic carbocycles. The van der Waals surface area contributed by atoms with E-state index in [4.69, 9.17) is 5.11 Å². The number of hydrogen-bond donors (Lipinski definition) is 2. The van der Waals surface area contributed by atoms with Gasteiger partial charge >= 0.3 is 12.0 Å². The lowest BCUT2D eigenvalue weighted by atomic mass is 9.80. The first-order valence-electron chi connectivity index (χ1n) is 5.92. The molecule has 1 rings (SSSR count). The van der Waals surface area contributed by atoms with Crippen LogP contribution in [0.15, 0.2) is 12.7 Å². The molecule has 0 aliphatic heterocycles. The van der Waals surface area contributed by atoms with E-state index in [1.165, 1.54) is 17.4 Å². The van der Waals surface area contributed by atoms with Crippen LogP contribution >= 0.6 is 0 Å². The topological polar surface area (TPSA) is 69.6 Å². The Morgan fingerprint density at radius 2 is 2.24 bits per heavy atom. The lowest BCUT2D eigenvalue weighted by Gasteiger charge is -2.33. The van der Waals surface area contributed by atoms with Gasteiger partial charge < -0.3 is 15.3 Å². The number of amides is 2. The number of carbonyl (C=O) groups excluding carboxylic acids is 1. The molecule has 1 atom stereocenters. The van der Waals surface area contributed by atoms with Crippen molar-refractivity contribution in [2.24, 2.45) is 5.92 Å². The molecule has 5 heteroatoms. The maximum Gasteiger partial charge on any atom is 0.323 e. The van der Waals surface area contributed by atoms with E-state index in [1.54, 1.807) is 0 Å². The average molecular weight is 240 g/mol. The van der Waals surface area contributed by atoms with Crippen LogP contribution < -0.4 is 5.32 Å². The highest BCUT2D eigenvalue weighted by molar-refractivity contribution is 5.80. The molecule has 96 valence electrons. The molecule has 1 aliphatic carbocycles. The lowest BCUT2D eigenvalue weighted by molar-refractivity contribution is -0.137. The van der Waals surface area contributed by atoms with Crippen molar-refractivity contribution in [3.8, 4) is 0 Å². The van der Waals surface area contributed by atoms with E-state index in [1.807, 2.05) is 6.92 Å². The minimum atomic E-state index is -1.02. The number of carboxylic acids is 1. The molecule has 5 nitrogen and oxygen atoms in total. The number of urea groups is 1. The normalized spacial score (nSPS) is 16.8. The van der Waals surface area contributed by atoms with Gasteiger partial charge in [0, 0.05) is 12.6 Å². The molecule has 0 spiro atoms. The van der Waals surface area contributed by atoms with Crippen molar-refractivity contribution in [3.63, 3.8) is 0 Å². The molecule has 17 heavy (non-hydrogen) atoms. The summed E-state index contributed by atoms with van der Waals surface area (Å²) < 4.78 is 0. The number of aliphatic carboxylic acids is 1. The van der Waals surface area contributed by atoms with Crippen LogP contribution in [0.25, 0.3) is 0 Å². The molecule has 2 amide bonds. The summed E-state index contributed by atoms with van der Waals surface area (Å²) in [6, 6.07) is -0.218. The van der Waals surface area contributed by atoms with Crippen molar-refractivity contribution in [1.82, 2.24) is 10.2 Å². The van der Waals surface area contributed by atoms with Gasteiger partial charge in [-0.05, 0) is 25.7 Å². The summed E-state index contributed by atoms with van der Waals surface area (Å²) in [7, 11) is 0. The van der Waals surface area contributed by atoms with Crippen molar-refractivity contribution in [2.75, 3.05) is 13.1 Å². The first-order valence-corrected chi connectivity index (χ1v) is 5.92. The van der Waals surface area contributed by atoms with Crippen LogP contribution in [0.3, 0.4) is 0 Å². The fraction of sp³-hybridized carbons (Fsp3) is 0.667. The maximum atomic E-state index is 11.8. The summed E-state index contributed by atoms with van der Waals surface area (Å²) >= 11 is 0. The smallest absolute Gasteiger partial charge is 0.323 e. The van der Waals surface area contributed by atoms with Gasteiger partial charge in [-0.25, -0.2) is 4.79 Å². The number of rotatable bonds is 6. The molecule has 1 saturated carbocycles. The van der Waals surface area contributed by atoms with Gasteiger partial charge in [-0.2, -0.15) is 0 Å². The van der Waals surface area contributed by atoms with Crippen LogP contribution in [0.1, 0.15) is 26.2 Å². The number of carbonyl (C=O) groups is 2. The molecule has 0 radical (unpaired) electrons. The zero-order valence-electron chi connectivity index (χ0n) is 10.2. The summed E-state index contributed by atoms with van der Waals surface area (Å²) in [5.74, 6) is -0.479. The van der Waals surface area contributed by atoms with Gasteiger partial charge in [-0.3, -0.25) is 4.79 Å². The largest absolute Gasteiger partial charge is 0.480 e. The monoisotopic (exact) mass is 240 g/mol. The van der Waals surface area contributed by atoms with Gasteiger partial charge in [-0.15, -0.1) is 6.58 Å². The first-order chi connectivity index (χ1) is 8.04. The van der Waals surface area contributed by atoms with Gasteiger partial charge in [0.25, 0.3) is 0 Å². The Kier molecular flexibility index (Phi) is 5.00. The van der Waals surface area contributed by atoms with Gasteiger partial charge in [0.15, 0.2) is 0 Å². The highest BCUT2D eigenvalue weighted by atomic mass is 16.4. The molecular weight excluding hydrogens is 220 g/mol. The number of carboxylic acid groups (broad SMARTS) is 1. The van der Waals surface area contributed by atoms with Gasteiger partial charge in [-0.1, -0.05) is 12.5 Å². The first kappa shape index (κ1) is 13.5. The third kappa shape index (κ3) is 4.09. The van der Waals surface area contributed by atoms with E-state index in [-0.39, 0.29) is 25.2 Å². The minimum Gasteiger partial charge on any atom is -0.480 e. The second-order valence-electron chi connectivity index (χ2n) is 4.49. The summed E-state index contributed by atoms with van der Waals surface area (Å²) in [6.07, 6.45) is 5.02. The van der Waals surface area contributed by atoms with Crippen molar-refractivity contribution >= 4 is 12.0 Å². The SMILES string of the molecule is C=CCN(CC(=O)O)C(=O)NC(C)C1CCC1. The lowest BCUT2D eigenvalue weighted by Crippen LogP contribution is -2.49. The molecule has 1 fully saturated rings. The van der Waals surface area contributed by atoms with E-state index in [0.29, 0.717) is 5.92 Å². The van der Waals surface area contributed by atoms with E-state index in [9.17, 15) is 9.59 Å².